The van der Waals surface area contributed by atoms with Crippen LogP contribution >= 0.6 is 0 Å². The number of hydrogen-bond acceptors (Lipinski definition) is 8. The quantitative estimate of drug-likeness (QED) is 0.479. The van der Waals surface area contributed by atoms with Crippen LogP contribution in [0, 0.1) is 0 Å². The molecule has 3 rings (SSSR count). The van der Waals surface area contributed by atoms with Gasteiger partial charge in [0.2, 0.25) is 5.91 Å². The number of ether oxygens (including phenoxy) is 2. The average Bonchev–Trinajstić information content (AvgIpc) is 3.15. The van der Waals surface area contributed by atoms with Crippen LogP contribution < -0.4 is 11.3 Å². The Labute approximate surface area is 160 Å². The fraction of sp³-hybridized carbons (Fsp3) is 0.600. The van der Waals surface area contributed by atoms with Crippen molar-refractivity contribution in [3.63, 3.8) is 0 Å². The number of fused-ring (bicyclic) bond motifs is 1. The first-order valence-corrected chi connectivity index (χ1v) is 8.33. The van der Waals surface area contributed by atoms with Crippen LogP contribution in [0.25, 0.3) is 11.2 Å². The number of nitrogens with one attached hydrogen (secondary N) is 1. The number of aromatic amines is 1. The lowest BCUT2D eigenvalue weighted by Crippen LogP contribution is -2.39. The van der Waals surface area contributed by atoms with E-state index in [2.05, 4.69) is 19.7 Å². The van der Waals surface area contributed by atoms with Crippen LogP contribution in [0.3, 0.4) is 0 Å². The Kier molecular flexibility index (Phi) is 5.15. The van der Waals surface area contributed by atoms with E-state index < -0.39 is 54.4 Å². The molecule has 14 heteroatoms. The molecule has 0 unspecified atom stereocenters. The van der Waals surface area contributed by atoms with Crippen LogP contribution in [0.1, 0.15) is 25.9 Å². The number of aromatic nitrogens is 4. The number of nitrogens with zero attached hydrogens (tertiary/aromatic N) is 3. The van der Waals surface area contributed by atoms with Gasteiger partial charge in [0, 0.05) is 0 Å². The highest BCUT2D eigenvalue weighted by Gasteiger charge is 2.51. The molecule has 5 N–H and O–H groups in total. The number of hydrogen-bond donors (Lipinski definition) is 4. The molecule has 0 spiro atoms. The molecule has 1 saturated heterocycles. The van der Waals surface area contributed by atoms with E-state index in [9.17, 15) is 33.0 Å². The summed E-state index contributed by atoms with van der Waals surface area (Å²) in [6.45, 7) is 2.01. The van der Waals surface area contributed by atoms with Crippen molar-refractivity contribution in [3.05, 3.63) is 22.5 Å². The molecule has 29 heavy (non-hydrogen) atoms. The number of carbonyl (C=O) groups is 1. The Morgan fingerprint density at radius 3 is 2.66 bits per heavy atom. The molecule has 0 aromatic carbocycles. The summed E-state index contributed by atoms with van der Waals surface area (Å²) in [6, 6.07) is 0. The SMILES string of the molecule is CC(C)(C(N)=O)c1nc2c(ncn2[C@@H]2O[C@H](CO)[C@@H](O)[C@H]2OC(F)(F)F)c(=O)[nH]1. The number of alkyl halides is 3. The second kappa shape index (κ2) is 7.05. The average molecular weight is 421 g/mol. The molecule has 0 bridgehead atoms. The smallest absolute Gasteiger partial charge is 0.394 e. The number of H-pyrrole nitrogens is 1. The Morgan fingerprint density at radius 2 is 2.10 bits per heavy atom. The second-order valence-corrected chi connectivity index (χ2v) is 6.99. The number of halogens is 3. The number of primary amides is 1. The van der Waals surface area contributed by atoms with Gasteiger partial charge in [0.05, 0.1) is 12.9 Å². The van der Waals surface area contributed by atoms with E-state index in [0.717, 1.165) is 10.9 Å². The van der Waals surface area contributed by atoms with Crippen LogP contribution in [0.15, 0.2) is 11.1 Å². The van der Waals surface area contributed by atoms with Gasteiger partial charge < -0.3 is 25.7 Å². The van der Waals surface area contributed by atoms with E-state index in [-0.39, 0.29) is 17.0 Å². The molecule has 1 fully saturated rings. The maximum atomic E-state index is 12.8. The van der Waals surface area contributed by atoms with Crippen molar-refractivity contribution in [1.29, 1.82) is 0 Å². The van der Waals surface area contributed by atoms with Crippen molar-refractivity contribution >= 4 is 17.1 Å². The molecule has 1 amide bonds. The van der Waals surface area contributed by atoms with Crippen molar-refractivity contribution in [2.75, 3.05) is 6.61 Å². The lowest BCUT2D eigenvalue weighted by atomic mass is 9.91. The second-order valence-electron chi connectivity index (χ2n) is 6.99. The highest BCUT2D eigenvalue weighted by atomic mass is 19.4. The van der Waals surface area contributed by atoms with Gasteiger partial charge in [-0.1, -0.05) is 0 Å². The summed E-state index contributed by atoms with van der Waals surface area (Å²) in [7, 11) is 0. The molecule has 0 saturated carbocycles. The third kappa shape index (κ3) is 3.71. The lowest BCUT2D eigenvalue weighted by molar-refractivity contribution is -0.355. The van der Waals surface area contributed by atoms with Gasteiger partial charge in [-0.15, -0.1) is 13.2 Å². The van der Waals surface area contributed by atoms with Crippen molar-refractivity contribution in [2.45, 2.75) is 50.2 Å². The first kappa shape index (κ1) is 21.2. The van der Waals surface area contributed by atoms with Gasteiger partial charge in [-0.05, 0) is 13.8 Å². The van der Waals surface area contributed by atoms with E-state index in [1.807, 2.05) is 0 Å². The Balaban J connectivity index is 2.14. The number of rotatable bonds is 5. The molecular formula is C15H18F3N5O6. The molecule has 160 valence electrons. The largest absolute Gasteiger partial charge is 0.523 e. The van der Waals surface area contributed by atoms with Gasteiger partial charge >= 0.3 is 6.36 Å². The van der Waals surface area contributed by atoms with Gasteiger partial charge in [0.25, 0.3) is 5.56 Å². The molecule has 0 radical (unpaired) electrons. The summed E-state index contributed by atoms with van der Waals surface area (Å²) in [5.74, 6) is -0.952. The monoisotopic (exact) mass is 421 g/mol. The minimum atomic E-state index is -5.11. The first-order valence-electron chi connectivity index (χ1n) is 8.33. The standard InChI is InChI=1S/C15H18F3N5O6/c1-14(2,12(19)27)13-21-9-6(10(26)22-13)20-4-23(9)11-8(29-15(16,17)18)7(25)5(3-24)28-11/h4-5,7-8,11,24-25H,3H2,1-2H3,(H2,19,27)(H,21,22,26)/t5-,7-,8-,11-/m1/s1. The van der Waals surface area contributed by atoms with E-state index in [4.69, 9.17) is 10.5 Å². The zero-order chi connectivity index (χ0) is 21.7. The maximum absolute atomic E-state index is 12.8. The number of carbonyl (C=O) groups excluding carboxylic acids is 1. The zero-order valence-electron chi connectivity index (χ0n) is 15.2. The molecular weight excluding hydrogens is 403 g/mol. The van der Waals surface area contributed by atoms with E-state index in [0.29, 0.717) is 0 Å². The topological polar surface area (TPSA) is 166 Å². The number of imidazole rings is 1. The predicted octanol–water partition coefficient (Wildman–Crippen LogP) is -0.962. The molecule has 11 nitrogen and oxygen atoms in total. The highest BCUT2D eigenvalue weighted by Crippen LogP contribution is 2.36. The van der Waals surface area contributed by atoms with Crippen molar-refractivity contribution in [1.82, 2.24) is 19.5 Å². The van der Waals surface area contributed by atoms with Crippen molar-refractivity contribution in [3.8, 4) is 0 Å². The first-order chi connectivity index (χ1) is 13.4. The Morgan fingerprint density at radius 1 is 1.45 bits per heavy atom. The zero-order valence-corrected chi connectivity index (χ0v) is 15.2. The van der Waals surface area contributed by atoms with Crippen LogP contribution in [-0.4, -0.2) is 66.9 Å². The van der Waals surface area contributed by atoms with Gasteiger partial charge in [-0.2, -0.15) is 0 Å². The van der Waals surface area contributed by atoms with E-state index in [1.54, 1.807) is 0 Å². The predicted molar refractivity (Wildman–Crippen MR) is 88.3 cm³/mol. The summed E-state index contributed by atoms with van der Waals surface area (Å²) >= 11 is 0. The van der Waals surface area contributed by atoms with Crippen LogP contribution in [0.5, 0.6) is 0 Å². The molecule has 1 aliphatic rings. The molecule has 1 aliphatic heterocycles. The van der Waals surface area contributed by atoms with E-state index >= 15 is 0 Å². The minimum absolute atomic E-state index is 0.144. The summed E-state index contributed by atoms with van der Waals surface area (Å²) in [5.41, 5.74) is 2.69. The Bertz CT molecular complexity index is 987. The third-order valence-corrected chi connectivity index (χ3v) is 4.68. The van der Waals surface area contributed by atoms with Gasteiger partial charge in [0.15, 0.2) is 17.4 Å². The molecule has 2 aromatic rings. The van der Waals surface area contributed by atoms with Crippen LogP contribution in [0.4, 0.5) is 13.2 Å². The van der Waals surface area contributed by atoms with Gasteiger partial charge in [0.1, 0.15) is 29.6 Å². The molecule has 2 aromatic heterocycles. The normalized spacial score (nSPS) is 25.6. The Hall–Kier alpha value is -2.55. The fourth-order valence-electron chi connectivity index (χ4n) is 2.90. The lowest BCUT2D eigenvalue weighted by Gasteiger charge is -2.23. The summed E-state index contributed by atoms with van der Waals surface area (Å²) in [5, 5.41) is 19.3. The summed E-state index contributed by atoms with van der Waals surface area (Å²) in [6.07, 6.45) is -10.9. The van der Waals surface area contributed by atoms with Gasteiger partial charge in [-0.25, -0.2) is 9.97 Å². The van der Waals surface area contributed by atoms with E-state index in [1.165, 1.54) is 13.8 Å². The highest BCUT2D eigenvalue weighted by molar-refractivity contribution is 5.85. The van der Waals surface area contributed by atoms with Crippen molar-refractivity contribution in [2.24, 2.45) is 5.73 Å². The van der Waals surface area contributed by atoms with Gasteiger partial charge in [-0.3, -0.25) is 18.9 Å². The van der Waals surface area contributed by atoms with Crippen LogP contribution in [-0.2, 0) is 19.7 Å². The maximum Gasteiger partial charge on any atom is 0.523 e. The van der Waals surface area contributed by atoms with Crippen molar-refractivity contribution < 1.29 is 37.7 Å². The minimum Gasteiger partial charge on any atom is -0.394 e. The summed E-state index contributed by atoms with van der Waals surface area (Å²) < 4.78 is 48.7. The third-order valence-electron chi connectivity index (χ3n) is 4.68. The fourth-order valence-corrected chi connectivity index (χ4v) is 2.90. The van der Waals surface area contributed by atoms with Crippen LogP contribution in [0.2, 0.25) is 0 Å². The molecule has 3 heterocycles. The number of aliphatic hydroxyl groups excluding tert-OH is 2. The number of aliphatic hydroxyl groups is 2. The molecule has 4 atom stereocenters. The number of amides is 1. The number of nitrogens with two attached hydrogens (primary N) is 1. The molecule has 0 aliphatic carbocycles. The summed E-state index contributed by atoms with van der Waals surface area (Å²) in [4.78, 5) is 34.3.